The predicted molar refractivity (Wildman–Crippen MR) is 62.9 cm³/mol. The molecule has 2 rings (SSSR count). The van der Waals surface area contributed by atoms with Gasteiger partial charge in [0.15, 0.2) is 0 Å². The Balaban J connectivity index is 1.68. The molecule has 2 aliphatic heterocycles. The molecule has 100 valence electrons. The highest BCUT2D eigenvalue weighted by atomic mass is 16.7. The first-order chi connectivity index (χ1) is 8.74. The fraction of sp³-hybridized carbons (Fsp3) is 0.667. The maximum atomic E-state index is 11.4. The summed E-state index contributed by atoms with van der Waals surface area (Å²) in [6.45, 7) is 3.05. The largest absolute Gasteiger partial charge is 0.364 e. The first kappa shape index (κ1) is 13.0. The Morgan fingerprint density at radius 3 is 1.39 bits per heavy atom. The van der Waals surface area contributed by atoms with Crippen LogP contribution in [0.4, 0.5) is 0 Å². The van der Waals surface area contributed by atoms with Gasteiger partial charge in [-0.2, -0.15) is 0 Å². The van der Waals surface area contributed by atoms with Crippen LogP contribution in [0.15, 0.2) is 12.2 Å². The maximum absolute atomic E-state index is 11.4. The minimum Gasteiger partial charge on any atom is -0.364 e. The van der Waals surface area contributed by atoms with Crippen molar-refractivity contribution in [2.45, 2.75) is 25.7 Å². The Labute approximate surface area is 106 Å². The normalized spacial score (nSPS) is 21.6. The summed E-state index contributed by atoms with van der Waals surface area (Å²) in [7, 11) is 0. The summed E-state index contributed by atoms with van der Waals surface area (Å²) in [5.41, 5.74) is 0. The Morgan fingerprint density at radius 1 is 0.722 bits per heavy atom. The van der Waals surface area contributed by atoms with Gasteiger partial charge < -0.3 is 9.68 Å². The van der Waals surface area contributed by atoms with Crippen molar-refractivity contribution < 1.29 is 19.3 Å². The van der Waals surface area contributed by atoms with Crippen LogP contribution in [0, 0.1) is 0 Å². The molecule has 0 saturated carbocycles. The van der Waals surface area contributed by atoms with Gasteiger partial charge in [-0.15, -0.1) is 10.1 Å². The highest BCUT2D eigenvalue weighted by Crippen LogP contribution is 2.09. The van der Waals surface area contributed by atoms with Crippen molar-refractivity contribution in [3.63, 3.8) is 0 Å². The fourth-order valence-corrected chi connectivity index (χ4v) is 2.01. The summed E-state index contributed by atoms with van der Waals surface area (Å²) < 4.78 is 0. The molecular formula is C12H18N2O4. The van der Waals surface area contributed by atoms with E-state index in [0.29, 0.717) is 0 Å². The average molecular weight is 254 g/mol. The lowest BCUT2D eigenvalue weighted by molar-refractivity contribution is -0.181. The fourth-order valence-electron chi connectivity index (χ4n) is 2.01. The zero-order valence-corrected chi connectivity index (χ0v) is 10.3. The molecule has 0 N–H and O–H groups in total. The van der Waals surface area contributed by atoms with Gasteiger partial charge in [0.2, 0.25) is 0 Å². The van der Waals surface area contributed by atoms with Crippen LogP contribution in [0.3, 0.4) is 0 Å². The van der Waals surface area contributed by atoms with Crippen LogP contribution in [-0.4, -0.2) is 48.2 Å². The summed E-state index contributed by atoms with van der Waals surface area (Å²) in [5, 5.41) is 3.22. The molecule has 6 nitrogen and oxygen atoms in total. The van der Waals surface area contributed by atoms with Crippen LogP contribution in [0.5, 0.6) is 0 Å². The van der Waals surface area contributed by atoms with Gasteiger partial charge in [0.1, 0.15) is 0 Å². The van der Waals surface area contributed by atoms with Gasteiger partial charge in [0.05, 0.1) is 0 Å². The Kier molecular flexibility index (Phi) is 4.72. The molecule has 0 aromatic heterocycles. The molecule has 2 saturated heterocycles. The van der Waals surface area contributed by atoms with E-state index < -0.39 is 11.9 Å². The number of hydroxylamine groups is 4. The molecule has 2 heterocycles. The lowest BCUT2D eigenvalue weighted by Crippen LogP contribution is -2.24. The molecular weight excluding hydrogens is 236 g/mol. The molecule has 0 amide bonds. The molecule has 0 atom stereocenters. The van der Waals surface area contributed by atoms with Crippen molar-refractivity contribution in [3.05, 3.63) is 12.2 Å². The summed E-state index contributed by atoms with van der Waals surface area (Å²) >= 11 is 0. The van der Waals surface area contributed by atoms with Gasteiger partial charge in [0, 0.05) is 38.3 Å². The van der Waals surface area contributed by atoms with Gasteiger partial charge in [-0.25, -0.2) is 9.59 Å². The van der Waals surface area contributed by atoms with Crippen molar-refractivity contribution >= 4 is 11.9 Å². The zero-order valence-electron chi connectivity index (χ0n) is 10.3. The molecule has 2 fully saturated rings. The molecule has 0 spiro atoms. The minimum absolute atomic E-state index is 0.532. The molecule has 0 radical (unpaired) electrons. The van der Waals surface area contributed by atoms with E-state index in [4.69, 9.17) is 9.68 Å². The second-order valence-electron chi connectivity index (χ2n) is 4.43. The molecule has 2 aliphatic rings. The number of hydrogen-bond acceptors (Lipinski definition) is 6. The van der Waals surface area contributed by atoms with Crippen LogP contribution in [-0.2, 0) is 19.3 Å². The Morgan fingerprint density at radius 2 is 1.06 bits per heavy atom. The summed E-state index contributed by atoms with van der Waals surface area (Å²) in [5.74, 6) is -1.06. The van der Waals surface area contributed by atoms with Crippen LogP contribution >= 0.6 is 0 Å². The van der Waals surface area contributed by atoms with Crippen molar-refractivity contribution in [1.29, 1.82) is 0 Å². The lowest BCUT2D eigenvalue weighted by atomic mass is 10.4. The quantitative estimate of drug-likeness (QED) is 0.687. The van der Waals surface area contributed by atoms with E-state index in [0.717, 1.165) is 64.0 Å². The predicted octanol–water partition coefficient (Wildman–Crippen LogP) is 0.651. The second kappa shape index (κ2) is 6.51. The van der Waals surface area contributed by atoms with Crippen molar-refractivity contribution in [2.24, 2.45) is 0 Å². The third-order valence-electron chi connectivity index (χ3n) is 2.92. The second-order valence-corrected chi connectivity index (χ2v) is 4.43. The van der Waals surface area contributed by atoms with Gasteiger partial charge >= 0.3 is 11.9 Å². The lowest BCUT2D eigenvalue weighted by Gasteiger charge is -2.13. The van der Waals surface area contributed by atoms with E-state index in [1.54, 1.807) is 10.1 Å². The van der Waals surface area contributed by atoms with Crippen LogP contribution in [0.2, 0.25) is 0 Å². The van der Waals surface area contributed by atoms with E-state index in [2.05, 4.69) is 0 Å². The monoisotopic (exact) mass is 254 g/mol. The van der Waals surface area contributed by atoms with Gasteiger partial charge in [0.25, 0.3) is 0 Å². The molecule has 0 aromatic rings. The zero-order chi connectivity index (χ0) is 12.8. The van der Waals surface area contributed by atoms with E-state index in [9.17, 15) is 9.59 Å². The van der Waals surface area contributed by atoms with Crippen LogP contribution in [0.25, 0.3) is 0 Å². The first-order valence-electron chi connectivity index (χ1n) is 6.36. The number of nitrogens with zero attached hydrogens (tertiary/aromatic N) is 2. The van der Waals surface area contributed by atoms with Gasteiger partial charge in [-0.05, 0) is 25.7 Å². The van der Waals surface area contributed by atoms with E-state index in [-0.39, 0.29) is 0 Å². The van der Waals surface area contributed by atoms with Gasteiger partial charge in [-0.3, -0.25) is 0 Å². The molecule has 6 heteroatoms. The Bertz CT molecular complexity index is 299. The van der Waals surface area contributed by atoms with Crippen molar-refractivity contribution in [3.8, 4) is 0 Å². The van der Waals surface area contributed by atoms with Crippen molar-refractivity contribution in [2.75, 3.05) is 26.2 Å². The summed E-state index contributed by atoms with van der Waals surface area (Å²) in [6.07, 6.45) is 6.36. The van der Waals surface area contributed by atoms with Gasteiger partial charge in [-0.1, -0.05) is 0 Å². The third kappa shape index (κ3) is 4.12. The summed E-state index contributed by atoms with van der Waals surface area (Å²) in [4.78, 5) is 32.8. The molecule has 0 unspecified atom stereocenters. The summed E-state index contributed by atoms with van der Waals surface area (Å²) in [6, 6.07) is 0. The number of carbonyl (C=O) groups excluding carboxylic acids is 2. The topological polar surface area (TPSA) is 59.1 Å². The van der Waals surface area contributed by atoms with Crippen LogP contribution in [0.1, 0.15) is 25.7 Å². The molecule has 0 aromatic carbocycles. The van der Waals surface area contributed by atoms with E-state index in [1.165, 1.54) is 0 Å². The smallest absolute Gasteiger partial charge is 0.349 e. The molecule has 18 heavy (non-hydrogen) atoms. The number of carbonyl (C=O) groups is 2. The highest BCUT2D eigenvalue weighted by Gasteiger charge is 2.16. The highest BCUT2D eigenvalue weighted by molar-refractivity contribution is 5.91. The molecule has 0 aliphatic carbocycles. The SMILES string of the molecule is O=C(/C=C/C(=O)ON1CCCC1)ON1CCCC1. The van der Waals surface area contributed by atoms with Crippen LogP contribution < -0.4 is 0 Å². The standard InChI is InChI=1S/C12H18N2O4/c15-11(17-13-7-1-2-8-13)5-6-12(16)18-14-9-3-4-10-14/h5-6H,1-4,7-10H2/b6-5+. The molecule has 0 bridgehead atoms. The van der Waals surface area contributed by atoms with E-state index >= 15 is 0 Å². The third-order valence-corrected chi connectivity index (χ3v) is 2.92. The Hall–Kier alpha value is -1.40. The average Bonchev–Trinajstić information content (AvgIpc) is 2.99. The number of hydrogen-bond donors (Lipinski definition) is 0. The van der Waals surface area contributed by atoms with E-state index in [1.807, 2.05) is 0 Å². The maximum Gasteiger partial charge on any atom is 0.349 e. The minimum atomic E-state index is -0.532. The first-order valence-corrected chi connectivity index (χ1v) is 6.36. The number of rotatable bonds is 4. The van der Waals surface area contributed by atoms with Crippen molar-refractivity contribution in [1.82, 2.24) is 10.1 Å².